The van der Waals surface area contributed by atoms with Gasteiger partial charge in [0.2, 0.25) is 0 Å². The number of nitrogens with one attached hydrogen (secondary N) is 1. The van der Waals surface area contributed by atoms with Crippen molar-refractivity contribution in [1.82, 2.24) is 19.6 Å². The van der Waals surface area contributed by atoms with Gasteiger partial charge in [0.05, 0.1) is 15.9 Å². The number of hydrogen-bond acceptors (Lipinski definition) is 4. The summed E-state index contributed by atoms with van der Waals surface area (Å²) in [5.74, 6) is -0.246. The van der Waals surface area contributed by atoms with Crippen molar-refractivity contribution in [3.05, 3.63) is 62.7 Å². The average molecular weight is 498 g/mol. The molecule has 0 aliphatic heterocycles. The molecule has 6 nitrogen and oxygen atoms in total. The molecule has 4 rings (SSSR count). The van der Waals surface area contributed by atoms with Gasteiger partial charge in [0.1, 0.15) is 4.83 Å². The second kappa shape index (κ2) is 7.55. The molecule has 0 bridgehead atoms. The molecule has 1 N–H and O–H groups in total. The van der Waals surface area contributed by atoms with Crippen molar-refractivity contribution in [3.8, 4) is 0 Å². The maximum absolute atomic E-state index is 13.2. The summed E-state index contributed by atoms with van der Waals surface area (Å²) in [7, 11) is 1.42. The lowest BCUT2D eigenvalue weighted by Gasteiger charge is -2.03. The molecule has 4 aromatic rings. The molecule has 0 saturated carbocycles. The largest absolute Gasteiger partial charge is 0.435 e. The molecule has 0 fully saturated rings. The van der Waals surface area contributed by atoms with E-state index < -0.39 is 17.8 Å². The number of aryl methyl sites for hydroxylation is 2. The monoisotopic (exact) mass is 497 g/mol. The highest BCUT2D eigenvalue weighted by Gasteiger charge is 2.37. The number of aromatic nitrogens is 4. The van der Waals surface area contributed by atoms with Gasteiger partial charge in [-0.2, -0.15) is 23.4 Å². The molecule has 30 heavy (non-hydrogen) atoms. The van der Waals surface area contributed by atoms with Gasteiger partial charge in [0.25, 0.3) is 5.91 Å². The van der Waals surface area contributed by atoms with E-state index in [1.165, 1.54) is 13.1 Å². The van der Waals surface area contributed by atoms with E-state index in [4.69, 9.17) is 0 Å². The first-order valence-electron chi connectivity index (χ1n) is 8.75. The fourth-order valence-corrected chi connectivity index (χ4v) is 4.36. The first kappa shape index (κ1) is 20.6. The summed E-state index contributed by atoms with van der Waals surface area (Å²) in [4.78, 5) is 13.0. The van der Waals surface area contributed by atoms with E-state index in [2.05, 4.69) is 31.4 Å². The summed E-state index contributed by atoms with van der Waals surface area (Å²) in [6, 6.07) is 9.20. The van der Waals surface area contributed by atoms with Crippen LogP contribution in [0, 0.1) is 6.92 Å². The Bertz CT molecular complexity index is 1240. The van der Waals surface area contributed by atoms with E-state index in [1.54, 1.807) is 10.9 Å². The Hall–Kier alpha value is -2.66. The van der Waals surface area contributed by atoms with Gasteiger partial charge in [-0.3, -0.25) is 14.2 Å². The number of halogens is 4. The zero-order valence-electron chi connectivity index (χ0n) is 15.8. The van der Waals surface area contributed by atoms with E-state index in [9.17, 15) is 18.0 Å². The van der Waals surface area contributed by atoms with Crippen molar-refractivity contribution in [3.63, 3.8) is 0 Å². The Morgan fingerprint density at radius 1 is 1.23 bits per heavy atom. The number of anilines is 1. The van der Waals surface area contributed by atoms with Crippen molar-refractivity contribution in [1.29, 1.82) is 0 Å². The molecule has 1 aromatic carbocycles. The highest BCUT2D eigenvalue weighted by molar-refractivity contribution is 9.10. The number of alkyl halides is 3. The topological polar surface area (TPSA) is 64.7 Å². The van der Waals surface area contributed by atoms with Crippen LogP contribution >= 0.6 is 27.3 Å². The van der Waals surface area contributed by atoms with Crippen LogP contribution in [0.1, 0.15) is 26.5 Å². The second-order valence-corrected chi connectivity index (χ2v) is 8.65. The second-order valence-electron chi connectivity index (χ2n) is 6.76. The molecule has 0 aliphatic rings. The third-order valence-electron chi connectivity index (χ3n) is 4.42. The molecule has 3 heterocycles. The highest BCUT2D eigenvalue weighted by Crippen LogP contribution is 2.37. The molecule has 156 valence electrons. The fourth-order valence-electron chi connectivity index (χ4n) is 2.97. The Morgan fingerprint density at radius 3 is 2.60 bits per heavy atom. The van der Waals surface area contributed by atoms with Gasteiger partial charge in [-0.25, -0.2) is 0 Å². The standard InChI is InChI=1S/C19H15BrF3N5OS/c1-10-3-5-11(6-4-10)8-28-9-13(20)16(26-28)24-17(29)14-7-12-15(19(21,22)23)25-27(2)18(12)30-14/h3-7,9H,8H2,1-2H3,(H,24,26,29). The molecule has 0 radical (unpaired) electrons. The maximum atomic E-state index is 13.2. The number of carbonyl (C=O) groups excluding carboxylic acids is 1. The summed E-state index contributed by atoms with van der Waals surface area (Å²) in [5.41, 5.74) is 1.20. The number of amides is 1. The number of rotatable bonds is 4. The minimum atomic E-state index is -4.59. The number of thiophene rings is 1. The summed E-state index contributed by atoms with van der Waals surface area (Å²) < 4.78 is 42.8. The lowest BCUT2D eigenvalue weighted by Crippen LogP contribution is -2.12. The quantitative estimate of drug-likeness (QED) is 0.420. The normalized spacial score (nSPS) is 11.9. The van der Waals surface area contributed by atoms with Crippen LogP contribution in [0.15, 0.2) is 41.0 Å². The minimum absolute atomic E-state index is 0.0934. The van der Waals surface area contributed by atoms with Gasteiger partial charge in [0.15, 0.2) is 11.5 Å². The molecular formula is C19H15BrF3N5OS. The fraction of sp³-hybridized carbons (Fsp3) is 0.211. The highest BCUT2D eigenvalue weighted by atomic mass is 79.9. The van der Waals surface area contributed by atoms with Crippen molar-refractivity contribution in [2.75, 3.05) is 5.32 Å². The van der Waals surface area contributed by atoms with Crippen LogP contribution < -0.4 is 5.32 Å². The van der Waals surface area contributed by atoms with Gasteiger partial charge in [0, 0.05) is 18.6 Å². The van der Waals surface area contributed by atoms with E-state index in [-0.39, 0.29) is 15.1 Å². The van der Waals surface area contributed by atoms with E-state index >= 15 is 0 Å². The van der Waals surface area contributed by atoms with Crippen LogP contribution in [0.4, 0.5) is 19.0 Å². The van der Waals surface area contributed by atoms with Crippen LogP contribution in [0.2, 0.25) is 0 Å². The summed E-state index contributed by atoms with van der Waals surface area (Å²) in [6.45, 7) is 2.52. The van der Waals surface area contributed by atoms with E-state index in [1.807, 2.05) is 31.2 Å². The van der Waals surface area contributed by atoms with E-state index in [0.29, 0.717) is 16.8 Å². The number of hydrogen-bond donors (Lipinski definition) is 1. The zero-order chi connectivity index (χ0) is 21.6. The molecule has 0 spiro atoms. The maximum Gasteiger partial charge on any atom is 0.435 e. The number of carbonyl (C=O) groups is 1. The first-order valence-corrected chi connectivity index (χ1v) is 10.4. The Labute approximate surface area is 181 Å². The van der Waals surface area contributed by atoms with Crippen molar-refractivity contribution in [2.45, 2.75) is 19.6 Å². The smallest absolute Gasteiger partial charge is 0.303 e. The van der Waals surface area contributed by atoms with Crippen molar-refractivity contribution >= 4 is 49.2 Å². The Balaban J connectivity index is 1.55. The summed E-state index contributed by atoms with van der Waals surface area (Å²) in [5, 5.41) is 10.4. The molecule has 0 unspecified atom stereocenters. The SMILES string of the molecule is Cc1ccc(Cn2cc(Br)c(NC(=O)c3cc4c(C(F)(F)F)nn(C)c4s3)n2)cc1. The molecule has 0 aliphatic carbocycles. The van der Waals surface area contributed by atoms with Gasteiger partial charge in [-0.05, 0) is 34.5 Å². The molecular weight excluding hydrogens is 483 g/mol. The van der Waals surface area contributed by atoms with Crippen LogP contribution in [0.3, 0.4) is 0 Å². The Kier molecular flexibility index (Phi) is 5.18. The van der Waals surface area contributed by atoms with Crippen LogP contribution in [0.25, 0.3) is 10.2 Å². The minimum Gasteiger partial charge on any atom is -0.303 e. The lowest BCUT2D eigenvalue weighted by atomic mass is 10.1. The lowest BCUT2D eigenvalue weighted by molar-refractivity contribution is -0.140. The predicted molar refractivity (Wildman–Crippen MR) is 112 cm³/mol. The van der Waals surface area contributed by atoms with Crippen LogP contribution in [0.5, 0.6) is 0 Å². The van der Waals surface area contributed by atoms with Gasteiger partial charge >= 0.3 is 6.18 Å². The van der Waals surface area contributed by atoms with E-state index in [0.717, 1.165) is 27.1 Å². The third-order valence-corrected chi connectivity index (χ3v) is 6.20. The summed E-state index contributed by atoms with van der Waals surface area (Å²) >= 11 is 4.31. The van der Waals surface area contributed by atoms with Crippen molar-refractivity contribution in [2.24, 2.45) is 7.05 Å². The molecule has 3 aromatic heterocycles. The molecule has 0 saturated heterocycles. The summed E-state index contributed by atoms with van der Waals surface area (Å²) in [6.07, 6.45) is -2.86. The van der Waals surface area contributed by atoms with Crippen LogP contribution in [-0.4, -0.2) is 25.5 Å². The van der Waals surface area contributed by atoms with Crippen LogP contribution in [-0.2, 0) is 19.8 Å². The van der Waals surface area contributed by atoms with Crippen molar-refractivity contribution < 1.29 is 18.0 Å². The zero-order valence-corrected chi connectivity index (χ0v) is 18.2. The Morgan fingerprint density at radius 2 is 1.93 bits per heavy atom. The molecule has 0 atom stereocenters. The van der Waals surface area contributed by atoms with Gasteiger partial charge in [-0.1, -0.05) is 29.8 Å². The average Bonchev–Trinajstić information content (AvgIpc) is 3.32. The third kappa shape index (κ3) is 3.99. The molecule has 1 amide bonds. The first-order chi connectivity index (χ1) is 14.1. The number of benzene rings is 1. The molecule has 11 heteroatoms. The number of nitrogens with zero attached hydrogens (tertiary/aromatic N) is 4. The van der Waals surface area contributed by atoms with Gasteiger partial charge < -0.3 is 5.32 Å². The number of fused-ring (bicyclic) bond motifs is 1. The predicted octanol–water partition coefficient (Wildman–Crippen LogP) is 5.22. The van der Waals surface area contributed by atoms with Gasteiger partial charge in [-0.15, -0.1) is 11.3 Å².